The lowest BCUT2D eigenvalue weighted by molar-refractivity contribution is 0.144. The van der Waals surface area contributed by atoms with Crippen LogP contribution in [0.4, 0.5) is 9.18 Å². The van der Waals surface area contributed by atoms with Gasteiger partial charge < -0.3 is 10.4 Å². The van der Waals surface area contributed by atoms with Crippen molar-refractivity contribution in [3.8, 4) is 0 Å². The first-order valence-corrected chi connectivity index (χ1v) is 5.79. The van der Waals surface area contributed by atoms with Crippen LogP contribution in [0.3, 0.4) is 0 Å². The van der Waals surface area contributed by atoms with Gasteiger partial charge in [-0.05, 0) is 37.0 Å². The predicted octanol–water partition coefficient (Wildman–Crippen LogP) is 3.24. The van der Waals surface area contributed by atoms with Gasteiger partial charge in [0.25, 0.3) is 0 Å². The Morgan fingerprint density at radius 3 is 2.62 bits per heavy atom. The monoisotopic (exact) mass is 287 g/mol. The van der Waals surface area contributed by atoms with Crippen molar-refractivity contribution in [1.82, 2.24) is 5.32 Å². The summed E-state index contributed by atoms with van der Waals surface area (Å²) >= 11 is 3.27. The SMILES string of the molecule is O=C(O)NC1(c2ccc(F)cc2Br)CCC1. The molecule has 0 saturated heterocycles. The Morgan fingerprint density at radius 2 is 2.19 bits per heavy atom. The van der Waals surface area contributed by atoms with Crippen LogP contribution in [0.25, 0.3) is 0 Å². The maximum Gasteiger partial charge on any atom is 0.405 e. The van der Waals surface area contributed by atoms with Gasteiger partial charge >= 0.3 is 6.09 Å². The van der Waals surface area contributed by atoms with Gasteiger partial charge in [-0.15, -0.1) is 0 Å². The maximum absolute atomic E-state index is 13.0. The molecule has 1 fully saturated rings. The average Bonchev–Trinajstić information content (AvgIpc) is 2.12. The molecule has 0 unspecified atom stereocenters. The molecule has 1 aromatic rings. The van der Waals surface area contributed by atoms with Crippen LogP contribution in [0, 0.1) is 5.82 Å². The van der Waals surface area contributed by atoms with E-state index in [9.17, 15) is 9.18 Å². The van der Waals surface area contributed by atoms with Gasteiger partial charge in [0.1, 0.15) is 5.82 Å². The summed E-state index contributed by atoms with van der Waals surface area (Å²) in [5, 5.41) is 11.4. The maximum atomic E-state index is 13.0. The van der Waals surface area contributed by atoms with E-state index in [1.165, 1.54) is 12.1 Å². The van der Waals surface area contributed by atoms with E-state index in [1.54, 1.807) is 6.07 Å². The molecule has 16 heavy (non-hydrogen) atoms. The van der Waals surface area contributed by atoms with Gasteiger partial charge in [0.2, 0.25) is 0 Å². The lowest BCUT2D eigenvalue weighted by atomic mass is 9.72. The Morgan fingerprint density at radius 1 is 1.50 bits per heavy atom. The van der Waals surface area contributed by atoms with Crippen molar-refractivity contribution < 1.29 is 14.3 Å². The second kappa shape index (κ2) is 4.05. The molecule has 0 radical (unpaired) electrons. The Labute approximate surface area is 101 Å². The molecule has 0 aromatic heterocycles. The summed E-state index contributed by atoms with van der Waals surface area (Å²) in [6, 6.07) is 4.34. The minimum absolute atomic E-state index is 0.333. The van der Waals surface area contributed by atoms with Crippen molar-refractivity contribution in [2.75, 3.05) is 0 Å². The third-order valence-corrected chi connectivity index (χ3v) is 3.66. The molecule has 0 atom stereocenters. The zero-order valence-corrected chi connectivity index (χ0v) is 10.1. The number of hydrogen-bond acceptors (Lipinski definition) is 1. The van der Waals surface area contributed by atoms with Crippen molar-refractivity contribution in [2.45, 2.75) is 24.8 Å². The van der Waals surface area contributed by atoms with Crippen molar-refractivity contribution in [1.29, 1.82) is 0 Å². The lowest BCUT2D eigenvalue weighted by Gasteiger charge is -2.42. The number of nitrogens with one attached hydrogen (secondary N) is 1. The van der Waals surface area contributed by atoms with Gasteiger partial charge in [0.15, 0.2) is 0 Å². The molecule has 0 aliphatic heterocycles. The Bertz CT molecular complexity index is 432. The molecule has 0 spiro atoms. The predicted molar refractivity (Wildman–Crippen MR) is 60.8 cm³/mol. The van der Waals surface area contributed by atoms with E-state index in [1.807, 2.05) is 0 Å². The number of benzene rings is 1. The molecule has 3 nitrogen and oxygen atoms in total. The van der Waals surface area contributed by atoms with E-state index in [4.69, 9.17) is 5.11 Å². The summed E-state index contributed by atoms with van der Waals surface area (Å²) < 4.78 is 13.6. The molecule has 1 amide bonds. The number of hydrogen-bond donors (Lipinski definition) is 2. The van der Waals surface area contributed by atoms with Crippen molar-refractivity contribution in [3.05, 3.63) is 34.1 Å². The molecular formula is C11H11BrFNO2. The standard InChI is InChI=1S/C11H11BrFNO2/c12-9-6-7(13)2-3-8(9)11(4-1-5-11)14-10(15)16/h2-3,6,14H,1,4-5H2,(H,15,16). The van der Waals surface area contributed by atoms with Crippen LogP contribution in [0.15, 0.2) is 22.7 Å². The quantitative estimate of drug-likeness (QED) is 0.877. The van der Waals surface area contributed by atoms with Crippen LogP contribution in [0.1, 0.15) is 24.8 Å². The van der Waals surface area contributed by atoms with Gasteiger partial charge in [0, 0.05) is 4.47 Å². The fourth-order valence-corrected chi connectivity index (χ4v) is 2.80. The van der Waals surface area contributed by atoms with E-state index in [-0.39, 0.29) is 5.82 Å². The second-order valence-electron chi connectivity index (χ2n) is 3.99. The summed E-state index contributed by atoms with van der Waals surface area (Å²) in [7, 11) is 0. The molecule has 1 saturated carbocycles. The van der Waals surface area contributed by atoms with Gasteiger partial charge in [0.05, 0.1) is 5.54 Å². The normalized spacial score (nSPS) is 17.6. The molecule has 86 valence electrons. The number of halogens is 2. The number of carbonyl (C=O) groups is 1. The molecular weight excluding hydrogens is 277 g/mol. The van der Waals surface area contributed by atoms with E-state index in [0.29, 0.717) is 4.47 Å². The zero-order chi connectivity index (χ0) is 11.8. The number of rotatable bonds is 2. The first kappa shape index (κ1) is 11.4. The van der Waals surface area contributed by atoms with Crippen LogP contribution in [-0.4, -0.2) is 11.2 Å². The summed E-state index contributed by atoms with van der Waals surface area (Å²) in [6.45, 7) is 0. The Hall–Kier alpha value is -1.10. The fourth-order valence-electron chi connectivity index (χ4n) is 2.07. The highest BCUT2D eigenvalue weighted by molar-refractivity contribution is 9.10. The van der Waals surface area contributed by atoms with E-state index < -0.39 is 11.6 Å². The Kier molecular flexibility index (Phi) is 2.88. The second-order valence-corrected chi connectivity index (χ2v) is 4.84. The minimum atomic E-state index is -1.05. The van der Waals surface area contributed by atoms with Crippen molar-refractivity contribution in [2.24, 2.45) is 0 Å². The van der Waals surface area contributed by atoms with Gasteiger partial charge in [-0.3, -0.25) is 0 Å². The molecule has 1 aliphatic rings. The Balaban J connectivity index is 2.36. The fraction of sp³-hybridized carbons (Fsp3) is 0.364. The summed E-state index contributed by atoms with van der Waals surface area (Å²) in [6.07, 6.45) is 1.44. The highest BCUT2D eigenvalue weighted by Gasteiger charge is 2.41. The first-order valence-electron chi connectivity index (χ1n) is 5.00. The average molecular weight is 288 g/mol. The van der Waals surface area contributed by atoms with E-state index in [2.05, 4.69) is 21.2 Å². The molecule has 5 heteroatoms. The van der Waals surface area contributed by atoms with Crippen LogP contribution < -0.4 is 5.32 Å². The van der Waals surface area contributed by atoms with Crippen LogP contribution >= 0.6 is 15.9 Å². The van der Waals surface area contributed by atoms with Gasteiger partial charge in [-0.2, -0.15) is 0 Å². The largest absolute Gasteiger partial charge is 0.465 e. The third kappa shape index (κ3) is 1.91. The number of amides is 1. The summed E-state index contributed by atoms with van der Waals surface area (Å²) in [5.41, 5.74) is 0.265. The van der Waals surface area contributed by atoms with E-state index >= 15 is 0 Å². The molecule has 0 heterocycles. The van der Waals surface area contributed by atoms with E-state index in [0.717, 1.165) is 24.8 Å². The third-order valence-electron chi connectivity index (χ3n) is 3.00. The summed E-state index contributed by atoms with van der Waals surface area (Å²) in [5.74, 6) is -0.333. The summed E-state index contributed by atoms with van der Waals surface area (Å²) in [4.78, 5) is 10.8. The van der Waals surface area contributed by atoms with Crippen molar-refractivity contribution in [3.63, 3.8) is 0 Å². The topological polar surface area (TPSA) is 49.3 Å². The first-order chi connectivity index (χ1) is 7.53. The molecule has 1 aliphatic carbocycles. The number of carboxylic acid groups (broad SMARTS) is 1. The van der Waals surface area contributed by atoms with Crippen LogP contribution in [0.2, 0.25) is 0 Å². The van der Waals surface area contributed by atoms with Crippen molar-refractivity contribution >= 4 is 22.0 Å². The molecule has 2 N–H and O–H groups in total. The lowest BCUT2D eigenvalue weighted by Crippen LogP contribution is -2.50. The molecule has 2 rings (SSSR count). The van der Waals surface area contributed by atoms with Crippen LogP contribution in [-0.2, 0) is 5.54 Å². The zero-order valence-electron chi connectivity index (χ0n) is 8.46. The minimum Gasteiger partial charge on any atom is -0.465 e. The smallest absolute Gasteiger partial charge is 0.405 e. The molecule has 0 bridgehead atoms. The van der Waals surface area contributed by atoms with Gasteiger partial charge in [-0.25, -0.2) is 9.18 Å². The highest BCUT2D eigenvalue weighted by atomic mass is 79.9. The molecule has 1 aromatic carbocycles. The highest BCUT2D eigenvalue weighted by Crippen LogP contribution is 2.44. The van der Waals surface area contributed by atoms with Crippen LogP contribution in [0.5, 0.6) is 0 Å². The van der Waals surface area contributed by atoms with Gasteiger partial charge in [-0.1, -0.05) is 22.0 Å².